The number of esters is 1. The van der Waals surface area contributed by atoms with Gasteiger partial charge in [0.25, 0.3) is 0 Å². The van der Waals surface area contributed by atoms with Crippen molar-refractivity contribution in [3.8, 4) is 5.75 Å². The topological polar surface area (TPSA) is 96.9 Å². The second-order valence-electron chi connectivity index (χ2n) is 9.18. The van der Waals surface area contributed by atoms with E-state index in [0.29, 0.717) is 17.6 Å². The molecular formula is C24H41N2O5P. The zero-order valence-corrected chi connectivity index (χ0v) is 21.3. The van der Waals surface area contributed by atoms with Crippen LogP contribution in [0, 0.1) is 5.92 Å². The maximum Gasteiger partial charge on any atom is 0.330 e. The summed E-state index contributed by atoms with van der Waals surface area (Å²) in [6.45, 7) is 11.8. The van der Waals surface area contributed by atoms with Crippen molar-refractivity contribution >= 4 is 13.5 Å². The maximum atomic E-state index is 14.0. The summed E-state index contributed by atoms with van der Waals surface area (Å²) in [7, 11) is -3.55. The van der Waals surface area contributed by atoms with Crippen molar-refractivity contribution in [3.05, 3.63) is 29.3 Å². The molecule has 0 saturated heterocycles. The second-order valence-corrected chi connectivity index (χ2v) is 11.3. The molecule has 2 unspecified atom stereocenters. The van der Waals surface area contributed by atoms with Crippen LogP contribution in [0.2, 0.25) is 0 Å². The van der Waals surface area contributed by atoms with Crippen LogP contribution in [0.1, 0.15) is 83.8 Å². The summed E-state index contributed by atoms with van der Waals surface area (Å²) in [5.41, 5.74) is 2.09. The minimum absolute atomic E-state index is 0.0149. The summed E-state index contributed by atoms with van der Waals surface area (Å²) >= 11 is 0. The first-order valence-corrected chi connectivity index (χ1v) is 13.6. The van der Waals surface area contributed by atoms with Crippen LogP contribution in [-0.2, 0) is 14.1 Å². The fourth-order valence-corrected chi connectivity index (χ4v) is 5.60. The fraction of sp³-hybridized carbons (Fsp3) is 0.708. The Hall–Kier alpha value is -1.40. The van der Waals surface area contributed by atoms with E-state index in [0.717, 1.165) is 17.5 Å². The predicted octanol–water partition coefficient (Wildman–Crippen LogP) is 4.75. The van der Waals surface area contributed by atoms with Crippen molar-refractivity contribution in [2.75, 3.05) is 19.4 Å². The third kappa shape index (κ3) is 7.58. The normalized spacial score (nSPS) is 18.6. The van der Waals surface area contributed by atoms with Crippen molar-refractivity contribution in [1.82, 2.24) is 10.4 Å². The highest BCUT2D eigenvalue weighted by Gasteiger charge is 2.35. The summed E-state index contributed by atoms with van der Waals surface area (Å²) < 4.78 is 25.6. The van der Waals surface area contributed by atoms with Crippen LogP contribution in [0.25, 0.3) is 0 Å². The Morgan fingerprint density at radius 3 is 2.41 bits per heavy atom. The minimum atomic E-state index is -3.55. The first kappa shape index (κ1) is 26.8. The third-order valence-corrected chi connectivity index (χ3v) is 7.88. The lowest BCUT2D eigenvalue weighted by Gasteiger charge is -2.29. The molecule has 1 aliphatic carbocycles. The van der Waals surface area contributed by atoms with Gasteiger partial charge in [-0.25, -0.2) is 5.09 Å². The Bertz CT molecular complexity index is 797. The number of para-hydroxylation sites is 1. The van der Waals surface area contributed by atoms with Crippen molar-refractivity contribution in [2.45, 2.75) is 84.8 Å². The number of hydrogen-bond donors (Lipinski definition) is 3. The van der Waals surface area contributed by atoms with Crippen LogP contribution >= 0.6 is 7.52 Å². The van der Waals surface area contributed by atoms with Crippen LogP contribution in [0.15, 0.2) is 18.2 Å². The molecule has 0 heterocycles. The molecule has 8 heteroatoms. The first-order valence-electron chi connectivity index (χ1n) is 11.8. The number of benzene rings is 1. The number of aliphatic hydroxyl groups is 1. The van der Waals surface area contributed by atoms with E-state index in [-0.39, 0.29) is 31.5 Å². The average molecular weight is 469 g/mol. The highest BCUT2D eigenvalue weighted by molar-refractivity contribution is 7.57. The van der Waals surface area contributed by atoms with Gasteiger partial charge in [-0.15, -0.1) is 0 Å². The smallest absolute Gasteiger partial charge is 0.330 e. The Kier molecular flexibility index (Phi) is 10.2. The maximum absolute atomic E-state index is 14.0. The summed E-state index contributed by atoms with van der Waals surface area (Å²) in [6.07, 6.45) is 3.03. The molecule has 4 atom stereocenters. The molecule has 2 rings (SSSR count). The van der Waals surface area contributed by atoms with Gasteiger partial charge in [0.15, 0.2) is 0 Å². The molecule has 182 valence electrons. The molecule has 3 N–H and O–H groups in total. The lowest BCUT2D eigenvalue weighted by atomic mass is 9.89. The molecule has 7 nitrogen and oxygen atoms in total. The molecule has 0 spiro atoms. The molecule has 1 aromatic rings. The zero-order chi connectivity index (χ0) is 23.9. The van der Waals surface area contributed by atoms with Crippen LogP contribution in [0.4, 0.5) is 0 Å². The van der Waals surface area contributed by atoms with E-state index in [9.17, 15) is 9.36 Å². The second kappa shape index (κ2) is 12.2. The van der Waals surface area contributed by atoms with Gasteiger partial charge in [0.2, 0.25) is 0 Å². The number of nitrogens with one attached hydrogen (secondary N) is 2. The lowest BCUT2D eigenvalue weighted by molar-refractivity contribution is -0.149. The van der Waals surface area contributed by atoms with Gasteiger partial charge in [-0.2, -0.15) is 0 Å². The third-order valence-electron chi connectivity index (χ3n) is 5.98. The quantitative estimate of drug-likeness (QED) is 0.206. The number of aliphatic hydroxyl groups excluding tert-OH is 1. The molecule has 0 amide bonds. The molecule has 1 saturated carbocycles. The Balaban J connectivity index is 2.40. The van der Waals surface area contributed by atoms with Crippen molar-refractivity contribution in [1.29, 1.82) is 0 Å². The SMILES string of the molecule is CCC(C)c1cccc([C@H](C)C2CC2)c1OP(=O)(CNCCO)N[C@@H](C)C(=O)OC(C)C. The van der Waals surface area contributed by atoms with Gasteiger partial charge in [-0.3, -0.25) is 9.36 Å². The summed E-state index contributed by atoms with van der Waals surface area (Å²) in [6, 6.07) is 5.34. The van der Waals surface area contributed by atoms with Crippen LogP contribution in [0.5, 0.6) is 5.75 Å². The molecular weight excluding hydrogens is 427 g/mol. The molecule has 32 heavy (non-hydrogen) atoms. The highest BCUT2D eigenvalue weighted by Crippen LogP contribution is 2.51. The zero-order valence-electron chi connectivity index (χ0n) is 20.4. The van der Waals surface area contributed by atoms with E-state index in [4.69, 9.17) is 14.4 Å². The van der Waals surface area contributed by atoms with Crippen LogP contribution < -0.4 is 14.9 Å². The van der Waals surface area contributed by atoms with Gasteiger partial charge < -0.3 is 19.7 Å². The minimum Gasteiger partial charge on any atom is -0.462 e. The van der Waals surface area contributed by atoms with Crippen molar-refractivity contribution in [3.63, 3.8) is 0 Å². The van der Waals surface area contributed by atoms with Gasteiger partial charge in [0.05, 0.1) is 19.0 Å². The lowest BCUT2D eigenvalue weighted by Crippen LogP contribution is -2.38. The van der Waals surface area contributed by atoms with Crippen molar-refractivity contribution in [2.24, 2.45) is 5.92 Å². The van der Waals surface area contributed by atoms with Crippen LogP contribution in [0.3, 0.4) is 0 Å². The van der Waals surface area contributed by atoms with Gasteiger partial charge in [0.1, 0.15) is 11.8 Å². The van der Waals surface area contributed by atoms with Crippen molar-refractivity contribution < 1.29 is 23.7 Å². The fourth-order valence-electron chi connectivity index (χ4n) is 3.73. The number of carbonyl (C=O) groups excluding carboxylic acids is 1. The summed E-state index contributed by atoms with van der Waals surface area (Å²) in [5, 5.41) is 15.1. The van der Waals surface area contributed by atoms with E-state index in [1.807, 2.05) is 12.1 Å². The summed E-state index contributed by atoms with van der Waals surface area (Å²) in [5.74, 6) is 1.33. The molecule has 0 bridgehead atoms. The van der Waals surface area contributed by atoms with Gasteiger partial charge >= 0.3 is 13.5 Å². The van der Waals surface area contributed by atoms with Gasteiger partial charge in [-0.05, 0) is 68.9 Å². The molecule has 1 aliphatic rings. The van der Waals surface area contributed by atoms with E-state index in [2.05, 4.69) is 37.2 Å². The van der Waals surface area contributed by atoms with Gasteiger partial charge in [0, 0.05) is 6.54 Å². The molecule has 0 aromatic heterocycles. The van der Waals surface area contributed by atoms with Crippen LogP contribution in [-0.4, -0.2) is 42.7 Å². The largest absolute Gasteiger partial charge is 0.462 e. The van der Waals surface area contributed by atoms with E-state index in [1.165, 1.54) is 12.8 Å². The Morgan fingerprint density at radius 2 is 1.84 bits per heavy atom. The number of hydrogen-bond acceptors (Lipinski definition) is 6. The van der Waals surface area contributed by atoms with E-state index in [1.54, 1.807) is 20.8 Å². The highest BCUT2D eigenvalue weighted by atomic mass is 31.2. The standard InChI is InChI=1S/C24H41N2O5P/c1-7-17(4)21-9-8-10-22(18(5)20-11-12-20)23(21)31-32(29,15-25-13-14-27)26-19(6)24(28)30-16(2)3/h8-10,16-20,25,27H,7,11-15H2,1-6H3,(H,26,29)/t17?,18-,19+,32?/m1/s1. The first-order chi connectivity index (χ1) is 15.1. The Morgan fingerprint density at radius 1 is 1.19 bits per heavy atom. The predicted molar refractivity (Wildman–Crippen MR) is 128 cm³/mol. The Labute approximate surface area is 193 Å². The molecule has 1 fully saturated rings. The number of carbonyl (C=O) groups is 1. The summed E-state index contributed by atoms with van der Waals surface area (Å²) in [4.78, 5) is 12.4. The molecule has 0 aliphatic heterocycles. The monoisotopic (exact) mass is 468 g/mol. The van der Waals surface area contributed by atoms with E-state index >= 15 is 0 Å². The molecule has 0 radical (unpaired) electrons. The van der Waals surface area contributed by atoms with Gasteiger partial charge in [-0.1, -0.05) is 39.0 Å². The number of rotatable bonds is 14. The molecule has 1 aromatic carbocycles. The average Bonchev–Trinajstić information content (AvgIpc) is 3.58. The number of ether oxygens (including phenoxy) is 1. The van der Waals surface area contributed by atoms with E-state index < -0.39 is 19.5 Å².